The summed E-state index contributed by atoms with van der Waals surface area (Å²) >= 11 is 0. The average molecular weight is 248 g/mol. The number of ether oxygens (including phenoxy) is 1. The number of hydrogen-bond donors (Lipinski definition) is 0. The fourth-order valence-electron chi connectivity index (χ4n) is 2.38. The van der Waals surface area contributed by atoms with Crippen LogP contribution < -0.4 is 4.74 Å². The smallest absolute Gasteiger partial charge is 0.137 e. The van der Waals surface area contributed by atoms with E-state index in [1.165, 1.54) is 0 Å². The van der Waals surface area contributed by atoms with Crippen LogP contribution in [0.5, 0.6) is 5.75 Å². The number of nitrogens with zero attached hydrogens (tertiary/aromatic N) is 2. The van der Waals surface area contributed by atoms with Gasteiger partial charge in [-0.3, -0.25) is 4.98 Å². The third-order valence-electron chi connectivity index (χ3n) is 3.31. The van der Waals surface area contributed by atoms with E-state index in [4.69, 9.17) is 10.00 Å². The maximum absolute atomic E-state index is 9.01. The summed E-state index contributed by atoms with van der Waals surface area (Å²) in [5.74, 6) is 0.609. The Morgan fingerprint density at radius 3 is 3.00 bits per heavy atom. The molecule has 0 aliphatic heterocycles. The number of benzene rings is 1. The lowest BCUT2D eigenvalue weighted by molar-refractivity contribution is 0.413. The van der Waals surface area contributed by atoms with Crippen LogP contribution in [0.2, 0.25) is 0 Å². The number of aromatic nitrogens is 1. The molecule has 0 amide bonds. The first-order valence-corrected chi connectivity index (χ1v) is 6.06. The minimum Gasteiger partial charge on any atom is -0.495 e. The molecule has 0 bridgehead atoms. The first-order chi connectivity index (χ1) is 9.33. The highest BCUT2D eigenvalue weighted by molar-refractivity contribution is 5.84. The first-order valence-electron chi connectivity index (χ1n) is 6.06. The van der Waals surface area contributed by atoms with Gasteiger partial charge in [0.05, 0.1) is 18.4 Å². The monoisotopic (exact) mass is 248 g/mol. The first kappa shape index (κ1) is 11.5. The van der Waals surface area contributed by atoms with E-state index < -0.39 is 0 Å². The largest absolute Gasteiger partial charge is 0.495 e. The molecule has 0 unspecified atom stereocenters. The van der Waals surface area contributed by atoms with Gasteiger partial charge < -0.3 is 4.74 Å². The molecule has 1 aliphatic carbocycles. The van der Waals surface area contributed by atoms with E-state index >= 15 is 0 Å². The van der Waals surface area contributed by atoms with Crippen LogP contribution in [0.1, 0.15) is 22.4 Å². The standard InChI is InChI=1S/C16H12N2O/c1-19-16-9-11(4-5-12(16)10-17)13-6-7-15-14(13)3-2-8-18-15/h2-6,8-9H,7H2,1H3. The van der Waals surface area contributed by atoms with Crippen LogP contribution in [0.15, 0.2) is 42.6 Å². The van der Waals surface area contributed by atoms with E-state index in [2.05, 4.69) is 23.2 Å². The molecule has 19 heavy (non-hydrogen) atoms. The molecule has 1 aromatic heterocycles. The average Bonchev–Trinajstić information content (AvgIpc) is 2.90. The van der Waals surface area contributed by atoms with Crippen molar-refractivity contribution in [1.82, 2.24) is 4.98 Å². The van der Waals surface area contributed by atoms with Gasteiger partial charge >= 0.3 is 0 Å². The molecule has 1 aliphatic rings. The molecule has 1 aromatic carbocycles. The summed E-state index contributed by atoms with van der Waals surface area (Å²) < 4.78 is 5.26. The number of pyridine rings is 1. The highest BCUT2D eigenvalue weighted by Gasteiger charge is 2.17. The lowest BCUT2D eigenvalue weighted by atomic mass is 9.99. The molecule has 1 heterocycles. The van der Waals surface area contributed by atoms with Crippen molar-refractivity contribution in [3.05, 3.63) is 65.0 Å². The van der Waals surface area contributed by atoms with Gasteiger partial charge in [-0.1, -0.05) is 18.2 Å². The fourth-order valence-corrected chi connectivity index (χ4v) is 2.38. The number of rotatable bonds is 2. The summed E-state index contributed by atoms with van der Waals surface area (Å²) in [6.45, 7) is 0. The molecule has 0 N–H and O–H groups in total. The van der Waals surface area contributed by atoms with Crippen molar-refractivity contribution >= 4 is 5.57 Å². The Labute approximate surface area is 111 Å². The van der Waals surface area contributed by atoms with Gasteiger partial charge in [-0.2, -0.15) is 5.26 Å². The zero-order chi connectivity index (χ0) is 13.2. The van der Waals surface area contributed by atoms with Gasteiger partial charge in [0.15, 0.2) is 0 Å². The maximum Gasteiger partial charge on any atom is 0.137 e. The van der Waals surface area contributed by atoms with Crippen molar-refractivity contribution in [3.8, 4) is 11.8 Å². The molecule has 92 valence electrons. The van der Waals surface area contributed by atoms with E-state index in [9.17, 15) is 0 Å². The lowest BCUT2D eigenvalue weighted by Gasteiger charge is -2.08. The lowest BCUT2D eigenvalue weighted by Crippen LogP contribution is -1.92. The summed E-state index contributed by atoms with van der Waals surface area (Å²) in [5.41, 5.74) is 5.03. The number of hydrogen-bond acceptors (Lipinski definition) is 3. The van der Waals surface area contributed by atoms with Crippen molar-refractivity contribution in [2.45, 2.75) is 6.42 Å². The molecule has 0 fully saturated rings. The van der Waals surface area contributed by atoms with E-state index in [0.29, 0.717) is 11.3 Å². The summed E-state index contributed by atoms with van der Waals surface area (Å²) in [6, 6.07) is 11.8. The van der Waals surface area contributed by atoms with Gasteiger partial charge in [0.25, 0.3) is 0 Å². The van der Waals surface area contributed by atoms with Gasteiger partial charge in [-0.25, -0.2) is 0 Å². The zero-order valence-corrected chi connectivity index (χ0v) is 10.6. The number of allylic oxidation sites excluding steroid dienone is 1. The van der Waals surface area contributed by atoms with Gasteiger partial charge in [0.1, 0.15) is 11.8 Å². The minimum absolute atomic E-state index is 0.552. The highest BCUT2D eigenvalue weighted by Crippen LogP contribution is 2.33. The Bertz CT molecular complexity index is 711. The number of methoxy groups -OCH3 is 1. The van der Waals surface area contributed by atoms with Crippen molar-refractivity contribution in [1.29, 1.82) is 5.26 Å². The van der Waals surface area contributed by atoms with E-state index in [0.717, 1.165) is 28.8 Å². The number of nitriles is 1. The van der Waals surface area contributed by atoms with Gasteiger partial charge in [0.2, 0.25) is 0 Å². The molecule has 0 atom stereocenters. The molecule has 3 rings (SSSR count). The van der Waals surface area contributed by atoms with Crippen LogP contribution in [0, 0.1) is 11.3 Å². The van der Waals surface area contributed by atoms with Crippen LogP contribution in [0.3, 0.4) is 0 Å². The molecular formula is C16H12N2O. The normalized spacial score (nSPS) is 12.5. The van der Waals surface area contributed by atoms with Gasteiger partial charge in [0, 0.05) is 18.2 Å². The van der Waals surface area contributed by atoms with Crippen molar-refractivity contribution in [3.63, 3.8) is 0 Å². The quantitative estimate of drug-likeness (QED) is 0.820. The van der Waals surface area contributed by atoms with Gasteiger partial charge in [-0.15, -0.1) is 0 Å². The Kier molecular flexibility index (Phi) is 2.77. The van der Waals surface area contributed by atoms with Crippen molar-refractivity contribution < 1.29 is 4.74 Å². The van der Waals surface area contributed by atoms with Crippen LogP contribution in [-0.2, 0) is 6.42 Å². The summed E-state index contributed by atoms with van der Waals surface area (Å²) in [4.78, 5) is 4.38. The molecule has 0 saturated carbocycles. The van der Waals surface area contributed by atoms with E-state index in [-0.39, 0.29) is 0 Å². The van der Waals surface area contributed by atoms with Crippen molar-refractivity contribution in [2.75, 3.05) is 7.11 Å². The molecular weight excluding hydrogens is 236 g/mol. The SMILES string of the molecule is COc1cc(C2=CCc3ncccc32)ccc1C#N. The van der Waals surface area contributed by atoms with Gasteiger partial charge in [-0.05, 0) is 29.3 Å². The summed E-state index contributed by atoms with van der Waals surface area (Å²) in [7, 11) is 1.58. The van der Waals surface area contributed by atoms with Crippen LogP contribution in [0.25, 0.3) is 5.57 Å². The molecule has 0 radical (unpaired) electrons. The Morgan fingerprint density at radius 2 is 2.21 bits per heavy atom. The minimum atomic E-state index is 0.552. The number of fused-ring (bicyclic) bond motifs is 1. The second kappa shape index (κ2) is 4.58. The van der Waals surface area contributed by atoms with Crippen LogP contribution >= 0.6 is 0 Å². The maximum atomic E-state index is 9.01. The van der Waals surface area contributed by atoms with Crippen LogP contribution in [0.4, 0.5) is 0 Å². The summed E-state index contributed by atoms with van der Waals surface area (Å²) in [6.07, 6.45) is 4.83. The predicted molar refractivity (Wildman–Crippen MR) is 72.7 cm³/mol. The fraction of sp³-hybridized carbons (Fsp3) is 0.125. The predicted octanol–water partition coefficient (Wildman–Crippen LogP) is 2.95. The molecule has 2 aromatic rings. The zero-order valence-electron chi connectivity index (χ0n) is 10.6. The molecule has 0 spiro atoms. The third kappa shape index (κ3) is 1.88. The second-order valence-corrected chi connectivity index (χ2v) is 4.35. The Hall–Kier alpha value is -2.60. The molecule has 0 saturated heterocycles. The molecule has 3 nitrogen and oxygen atoms in total. The Balaban J connectivity index is 2.08. The molecule has 3 heteroatoms. The van der Waals surface area contributed by atoms with E-state index in [1.807, 2.05) is 24.4 Å². The second-order valence-electron chi connectivity index (χ2n) is 4.35. The van der Waals surface area contributed by atoms with Crippen LogP contribution in [-0.4, -0.2) is 12.1 Å². The van der Waals surface area contributed by atoms with E-state index in [1.54, 1.807) is 13.2 Å². The highest BCUT2D eigenvalue weighted by atomic mass is 16.5. The Morgan fingerprint density at radius 1 is 1.32 bits per heavy atom. The topological polar surface area (TPSA) is 45.9 Å². The third-order valence-corrected chi connectivity index (χ3v) is 3.31. The summed E-state index contributed by atoms with van der Waals surface area (Å²) in [5, 5.41) is 9.01. The van der Waals surface area contributed by atoms with Crippen molar-refractivity contribution in [2.24, 2.45) is 0 Å².